The van der Waals surface area contributed by atoms with Crippen molar-refractivity contribution in [2.24, 2.45) is 0 Å². The number of aromatic hydroxyl groups is 1. The third-order valence-electron chi connectivity index (χ3n) is 5.72. The molecule has 29 heavy (non-hydrogen) atoms. The van der Waals surface area contributed by atoms with E-state index in [1.54, 1.807) is 4.90 Å². The topological polar surface area (TPSA) is 101 Å². The Bertz CT molecular complexity index is 1020. The minimum Gasteiger partial charge on any atom is -0.504 e. The van der Waals surface area contributed by atoms with E-state index in [-0.39, 0.29) is 17.4 Å². The summed E-state index contributed by atoms with van der Waals surface area (Å²) in [5, 5.41) is 26.6. The highest BCUT2D eigenvalue weighted by atomic mass is 16.3. The van der Waals surface area contributed by atoms with Crippen molar-refractivity contribution in [1.82, 2.24) is 34.8 Å². The van der Waals surface area contributed by atoms with Crippen LogP contribution < -0.4 is 5.32 Å². The summed E-state index contributed by atoms with van der Waals surface area (Å²) in [6.45, 7) is 3.80. The van der Waals surface area contributed by atoms with Gasteiger partial charge in [-0.25, -0.2) is 4.68 Å². The minimum absolute atomic E-state index is 0.0956. The summed E-state index contributed by atoms with van der Waals surface area (Å²) in [7, 11) is 0. The zero-order valence-electron chi connectivity index (χ0n) is 16.0. The first-order valence-electron chi connectivity index (χ1n) is 9.97. The van der Waals surface area contributed by atoms with Gasteiger partial charge in [-0.2, -0.15) is 5.10 Å². The number of nitrogens with one attached hydrogen (secondary N) is 1. The van der Waals surface area contributed by atoms with Crippen molar-refractivity contribution in [2.75, 3.05) is 19.6 Å². The van der Waals surface area contributed by atoms with Crippen molar-refractivity contribution < 1.29 is 9.90 Å². The van der Waals surface area contributed by atoms with Crippen LogP contribution in [0.25, 0.3) is 5.69 Å². The van der Waals surface area contributed by atoms with E-state index >= 15 is 0 Å². The second-order valence-corrected chi connectivity index (χ2v) is 7.51. The lowest BCUT2D eigenvalue weighted by molar-refractivity contribution is 0.0700. The van der Waals surface area contributed by atoms with Crippen molar-refractivity contribution in [3.05, 3.63) is 53.9 Å². The average Bonchev–Trinajstić information content (AvgIpc) is 3.38. The Balaban J connectivity index is 1.28. The molecule has 9 heteroatoms. The van der Waals surface area contributed by atoms with Crippen molar-refractivity contribution in [2.45, 2.75) is 31.8 Å². The fourth-order valence-electron chi connectivity index (χ4n) is 4.14. The second kappa shape index (κ2) is 7.32. The fourth-order valence-corrected chi connectivity index (χ4v) is 4.14. The molecule has 0 radical (unpaired) electrons. The standard InChI is InChI=1S/C20H23N7O2/c28-16-13-27(15-4-2-1-3-5-15)24-18(16)20(29)25-9-6-14(7-10-25)19-23-22-17-12-21-8-11-26(17)19/h1-5,13-14,21,28H,6-12H2. The highest BCUT2D eigenvalue weighted by molar-refractivity contribution is 5.94. The molecule has 0 unspecified atom stereocenters. The number of benzene rings is 1. The largest absolute Gasteiger partial charge is 0.504 e. The molecule has 2 aliphatic heterocycles. The molecule has 2 N–H and O–H groups in total. The first-order valence-corrected chi connectivity index (χ1v) is 9.97. The summed E-state index contributed by atoms with van der Waals surface area (Å²) in [5.74, 6) is 1.99. The Morgan fingerprint density at radius 2 is 1.90 bits per heavy atom. The van der Waals surface area contributed by atoms with Gasteiger partial charge >= 0.3 is 0 Å². The summed E-state index contributed by atoms with van der Waals surface area (Å²) >= 11 is 0. The van der Waals surface area contributed by atoms with E-state index < -0.39 is 0 Å². The number of fused-ring (bicyclic) bond motifs is 1. The summed E-state index contributed by atoms with van der Waals surface area (Å²) in [5.41, 5.74) is 0.893. The first kappa shape index (κ1) is 17.9. The lowest BCUT2D eigenvalue weighted by Gasteiger charge is -2.31. The maximum Gasteiger partial charge on any atom is 0.278 e. The number of hydrogen-bond donors (Lipinski definition) is 2. The van der Waals surface area contributed by atoms with E-state index in [4.69, 9.17) is 0 Å². The predicted molar refractivity (Wildman–Crippen MR) is 105 cm³/mol. The Labute approximate surface area is 168 Å². The molecule has 1 aromatic carbocycles. The minimum atomic E-state index is -0.233. The van der Waals surface area contributed by atoms with Gasteiger partial charge in [-0.05, 0) is 25.0 Å². The molecule has 0 spiro atoms. The third kappa shape index (κ3) is 3.27. The molecule has 1 fully saturated rings. The number of hydrogen-bond acceptors (Lipinski definition) is 6. The Morgan fingerprint density at radius 3 is 2.69 bits per heavy atom. The van der Waals surface area contributed by atoms with Crippen LogP contribution in [0.4, 0.5) is 0 Å². The van der Waals surface area contributed by atoms with Crippen molar-refractivity contribution in [3.63, 3.8) is 0 Å². The monoisotopic (exact) mass is 393 g/mol. The summed E-state index contributed by atoms with van der Waals surface area (Å²) in [6.07, 6.45) is 3.14. The van der Waals surface area contributed by atoms with E-state index in [1.807, 2.05) is 30.3 Å². The summed E-state index contributed by atoms with van der Waals surface area (Å²) in [4.78, 5) is 14.7. The number of para-hydroxylation sites is 1. The van der Waals surface area contributed by atoms with Crippen LogP contribution in [0.3, 0.4) is 0 Å². The second-order valence-electron chi connectivity index (χ2n) is 7.51. The van der Waals surface area contributed by atoms with Gasteiger partial charge in [0.2, 0.25) is 0 Å². The van der Waals surface area contributed by atoms with Gasteiger partial charge in [0.1, 0.15) is 11.6 Å². The highest BCUT2D eigenvalue weighted by Gasteiger charge is 2.31. The normalized spacial score (nSPS) is 17.3. The van der Waals surface area contributed by atoms with Gasteiger partial charge in [0.25, 0.3) is 5.91 Å². The molecule has 9 nitrogen and oxygen atoms in total. The van der Waals surface area contributed by atoms with Crippen LogP contribution >= 0.6 is 0 Å². The first-order chi connectivity index (χ1) is 14.2. The molecule has 0 aliphatic carbocycles. The number of carbonyl (C=O) groups excluding carboxylic acids is 1. The Hall–Kier alpha value is -3.20. The fraction of sp³-hybridized carbons (Fsp3) is 0.400. The number of rotatable bonds is 3. The van der Waals surface area contributed by atoms with E-state index in [0.717, 1.165) is 49.8 Å². The Morgan fingerprint density at radius 1 is 1.10 bits per heavy atom. The molecule has 5 rings (SSSR count). The average molecular weight is 393 g/mol. The molecule has 1 amide bonds. The number of nitrogens with zero attached hydrogens (tertiary/aromatic N) is 6. The van der Waals surface area contributed by atoms with Crippen LogP contribution in [0, 0.1) is 0 Å². The molecular formula is C20H23N7O2. The smallest absolute Gasteiger partial charge is 0.278 e. The quantitative estimate of drug-likeness (QED) is 0.695. The summed E-state index contributed by atoms with van der Waals surface area (Å²) in [6, 6.07) is 9.44. The van der Waals surface area contributed by atoms with Gasteiger partial charge in [-0.15, -0.1) is 10.2 Å². The number of aromatic nitrogens is 5. The van der Waals surface area contributed by atoms with E-state index in [1.165, 1.54) is 10.9 Å². The summed E-state index contributed by atoms with van der Waals surface area (Å²) < 4.78 is 3.75. The van der Waals surface area contributed by atoms with Crippen LogP contribution in [-0.4, -0.2) is 60.1 Å². The molecule has 0 bridgehead atoms. The molecule has 2 aromatic heterocycles. The maximum absolute atomic E-state index is 12.9. The van der Waals surface area contributed by atoms with Gasteiger partial charge in [0, 0.05) is 32.1 Å². The lowest BCUT2D eigenvalue weighted by atomic mass is 9.95. The molecular weight excluding hydrogens is 370 g/mol. The van der Waals surface area contributed by atoms with Gasteiger partial charge in [-0.3, -0.25) is 4.79 Å². The van der Waals surface area contributed by atoms with Crippen molar-refractivity contribution in [1.29, 1.82) is 0 Å². The van der Waals surface area contributed by atoms with Gasteiger partial charge < -0.3 is 19.9 Å². The maximum atomic E-state index is 12.9. The van der Waals surface area contributed by atoms with Crippen molar-refractivity contribution in [3.8, 4) is 11.4 Å². The van der Waals surface area contributed by atoms with E-state index in [0.29, 0.717) is 19.0 Å². The molecule has 0 atom stereocenters. The van der Waals surface area contributed by atoms with Crippen LogP contribution in [0.5, 0.6) is 5.75 Å². The predicted octanol–water partition coefficient (Wildman–Crippen LogP) is 1.29. The van der Waals surface area contributed by atoms with Gasteiger partial charge in [0.15, 0.2) is 11.4 Å². The lowest BCUT2D eigenvalue weighted by Crippen LogP contribution is -2.39. The molecule has 2 aliphatic rings. The van der Waals surface area contributed by atoms with Gasteiger partial charge in [0.05, 0.1) is 18.4 Å². The van der Waals surface area contributed by atoms with Crippen LogP contribution in [0.2, 0.25) is 0 Å². The van der Waals surface area contributed by atoms with Crippen LogP contribution in [0.1, 0.15) is 40.9 Å². The van der Waals surface area contributed by atoms with Crippen LogP contribution in [-0.2, 0) is 13.1 Å². The van der Waals surface area contributed by atoms with E-state index in [2.05, 4.69) is 25.2 Å². The molecule has 4 heterocycles. The Kier molecular flexibility index (Phi) is 4.51. The van der Waals surface area contributed by atoms with Crippen LogP contribution in [0.15, 0.2) is 36.5 Å². The molecule has 3 aromatic rings. The third-order valence-corrected chi connectivity index (χ3v) is 5.72. The number of amides is 1. The highest BCUT2D eigenvalue weighted by Crippen LogP contribution is 2.29. The van der Waals surface area contributed by atoms with E-state index in [9.17, 15) is 9.90 Å². The molecule has 150 valence electrons. The number of likely N-dealkylation sites (tertiary alicyclic amines) is 1. The van der Waals surface area contributed by atoms with Gasteiger partial charge in [-0.1, -0.05) is 18.2 Å². The zero-order chi connectivity index (χ0) is 19.8. The zero-order valence-corrected chi connectivity index (χ0v) is 16.0. The molecule has 0 saturated carbocycles. The number of carbonyl (C=O) groups is 1. The SMILES string of the molecule is O=C(c1nn(-c2ccccc2)cc1O)N1CCC(c2nnc3n2CCNC3)CC1. The van der Waals surface area contributed by atoms with Crippen molar-refractivity contribution >= 4 is 5.91 Å². The molecule has 1 saturated heterocycles. The number of piperidine rings is 1.